The molecule has 0 saturated heterocycles. The van der Waals surface area contributed by atoms with Crippen molar-refractivity contribution >= 4 is 17.7 Å². The Balaban J connectivity index is 2.13. The van der Waals surface area contributed by atoms with Crippen LogP contribution in [-0.4, -0.2) is 30.4 Å². The Labute approximate surface area is 152 Å². The molecule has 0 aliphatic heterocycles. The summed E-state index contributed by atoms with van der Waals surface area (Å²) in [5.41, 5.74) is 7.20. The second kappa shape index (κ2) is 9.17. The molecule has 134 valence electrons. The van der Waals surface area contributed by atoms with Gasteiger partial charge in [-0.1, -0.05) is 55.1 Å². The molecule has 2 rings (SSSR count). The third kappa shape index (κ3) is 5.31. The van der Waals surface area contributed by atoms with E-state index in [-0.39, 0.29) is 12.4 Å². The van der Waals surface area contributed by atoms with Crippen molar-refractivity contribution in [2.45, 2.75) is 12.5 Å². The molecule has 2 aromatic carbocycles. The van der Waals surface area contributed by atoms with Crippen LogP contribution in [0.2, 0.25) is 0 Å². The fraction of sp³-hybridized carbons (Fsp3) is 0.150. The molecular weight excluding hydrogens is 330 g/mol. The van der Waals surface area contributed by atoms with Crippen molar-refractivity contribution in [3.63, 3.8) is 0 Å². The Hall–Kier alpha value is -3.41. The van der Waals surface area contributed by atoms with Gasteiger partial charge in [0.25, 0.3) is 5.91 Å². The number of nitrogens with two attached hydrogens (primary N) is 1. The molecule has 26 heavy (non-hydrogen) atoms. The molecule has 0 radical (unpaired) electrons. The molecule has 0 bridgehead atoms. The third-order valence-corrected chi connectivity index (χ3v) is 3.67. The molecule has 0 aromatic heterocycles. The quantitative estimate of drug-likeness (QED) is 0.293. The monoisotopic (exact) mass is 351 g/mol. The second-order valence-corrected chi connectivity index (χ2v) is 5.63. The Kier molecular flexibility index (Phi) is 6.68. The lowest BCUT2D eigenvalue weighted by molar-refractivity contribution is -0.144. The summed E-state index contributed by atoms with van der Waals surface area (Å²) < 4.78 is 5.10. The first-order valence-electron chi connectivity index (χ1n) is 8.08. The van der Waals surface area contributed by atoms with Crippen molar-refractivity contribution in [2.24, 2.45) is 5.73 Å². The smallest absolute Gasteiger partial charge is 0.329 e. The van der Waals surface area contributed by atoms with E-state index in [0.717, 1.165) is 5.56 Å². The molecule has 0 heterocycles. The normalized spacial score (nSPS) is 11.2. The van der Waals surface area contributed by atoms with Crippen molar-refractivity contribution in [1.29, 1.82) is 5.41 Å². The highest BCUT2D eigenvalue weighted by Gasteiger charge is 2.23. The number of nitrogen functional groups attached to an aromatic ring is 1. The molecule has 0 fully saturated rings. The number of carbonyl (C=O) groups is 2. The van der Waals surface area contributed by atoms with E-state index in [1.807, 2.05) is 30.3 Å². The molecule has 0 unspecified atom stereocenters. The zero-order chi connectivity index (χ0) is 18.9. The first-order valence-corrected chi connectivity index (χ1v) is 8.08. The SMILES string of the molecule is C=CCOC(=O)[C@@H](Cc1ccccc1)NC(=O)c1ccc(C(=N)N)cc1. The molecule has 0 aliphatic rings. The fourth-order valence-corrected chi connectivity index (χ4v) is 2.33. The Morgan fingerprint density at radius 1 is 1.12 bits per heavy atom. The summed E-state index contributed by atoms with van der Waals surface area (Å²) in [6.07, 6.45) is 1.79. The van der Waals surface area contributed by atoms with Gasteiger partial charge in [-0.3, -0.25) is 10.2 Å². The van der Waals surface area contributed by atoms with Crippen LogP contribution in [0.25, 0.3) is 0 Å². The average molecular weight is 351 g/mol. The molecule has 4 N–H and O–H groups in total. The van der Waals surface area contributed by atoms with Gasteiger partial charge in [0, 0.05) is 17.5 Å². The molecule has 0 spiro atoms. The van der Waals surface area contributed by atoms with Crippen molar-refractivity contribution in [2.75, 3.05) is 6.61 Å². The maximum Gasteiger partial charge on any atom is 0.329 e. The first kappa shape index (κ1) is 18.9. The van der Waals surface area contributed by atoms with Crippen LogP contribution >= 0.6 is 0 Å². The van der Waals surface area contributed by atoms with Crippen LogP contribution in [0.5, 0.6) is 0 Å². The minimum absolute atomic E-state index is 0.0767. The number of rotatable bonds is 8. The molecular formula is C20H21N3O3. The van der Waals surface area contributed by atoms with Crippen molar-refractivity contribution < 1.29 is 14.3 Å². The van der Waals surface area contributed by atoms with Gasteiger partial charge < -0.3 is 15.8 Å². The maximum atomic E-state index is 12.5. The number of hydrogen-bond acceptors (Lipinski definition) is 4. The van der Waals surface area contributed by atoms with Gasteiger partial charge in [0.15, 0.2) is 0 Å². The number of carbonyl (C=O) groups excluding carboxylic acids is 2. The zero-order valence-electron chi connectivity index (χ0n) is 14.3. The average Bonchev–Trinajstić information content (AvgIpc) is 2.66. The van der Waals surface area contributed by atoms with Gasteiger partial charge in [0.2, 0.25) is 0 Å². The summed E-state index contributed by atoms with van der Waals surface area (Å²) in [4.78, 5) is 24.8. The van der Waals surface area contributed by atoms with Crippen LogP contribution < -0.4 is 11.1 Å². The Morgan fingerprint density at radius 2 is 1.73 bits per heavy atom. The molecule has 0 saturated carbocycles. The zero-order valence-corrected chi connectivity index (χ0v) is 14.3. The summed E-state index contributed by atoms with van der Waals surface area (Å²) in [5.74, 6) is -1.01. The lowest BCUT2D eigenvalue weighted by Crippen LogP contribution is -2.43. The van der Waals surface area contributed by atoms with E-state index in [9.17, 15) is 9.59 Å². The Morgan fingerprint density at radius 3 is 2.31 bits per heavy atom. The highest BCUT2D eigenvalue weighted by atomic mass is 16.5. The number of nitrogens with one attached hydrogen (secondary N) is 2. The van der Waals surface area contributed by atoms with Crippen LogP contribution in [0.1, 0.15) is 21.5 Å². The van der Waals surface area contributed by atoms with Crippen LogP contribution in [0, 0.1) is 5.41 Å². The summed E-state index contributed by atoms with van der Waals surface area (Å²) in [5, 5.41) is 10.1. The highest BCUT2D eigenvalue weighted by Crippen LogP contribution is 2.08. The molecule has 6 heteroatoms. The van der Waals surface area contributed by atoms with Crippen LogP contribution in [0.15, 0.2) is 67.3 Å². The van der Waals surface area contributed by atoms with Crippen molar-refractivity contribution in [3.8, 4) is 0 Å². The number of benzene rings is 2. The van der Waals surface area contributed by atoms with Crippen LogP contribution in [-0.2, 0) is 16.0 Å². The molecule has 6 nitrogen and oxygen atoms in total. The number of hydrogen-bond donors (Lipinski definition) is 3. The van der Waals surface area contributed by atoms with Crippen LogP contribution in [0.4, 0.5) is 0 Å². The first-order chi connectivity index (χ1) is 12.5. The number of ether oxygens (including phenoxy) is 1. The lowest BCUT2D eigenvalue weighted by atomic mass is 10.0. The molecule has 1 atom stereocenters. The lowest BCUT2D eigenvalue weighted by Gasteiger charge is -2.17. The van der Waals surface area contributed by atoms with Gasteiger partial charge in [-0.05, 0) is 17.7 Å². The summed E-state index contributed by atoms with van der Waals surface area (Å²) >= 11 is 0. The second-order valence-electron chi connectivity index (χ2n) is 5.63. The minimum atomic E-state index is -0.822. The van der Waals surface area contributed by atoms with E-state index < -0.39 is 17.9 Å². The van der Waals surface area contributed by atoms with E-state index in [4.69, 9.17) is 15.9 Å². The highest BCUT2D eigenvalue weighted by molar-refractivity contribution is 5.99. The number of esters is 1. The van der Waals surface area contributed by atoms with E-state index in [2.05, 4.69) is 11.9 Å². The van der Waals surface area contributed by atoms with E-state index in [1.54, 1.807) is 24.3 Å². The molecule has 0 aliphatic carbocycles. The summed E-state index contributed by atoms with van der Waals surface area (Å²) in [7, 11) is 0. The molecule has 1 amide bonds. The van der Waals surface area contributed by atoms with E-state index in [1.165, 1.54) is 6.08 Å². The van der Waals surface area contributed by atoms with Gasteiger partial charge in [0.1, 0.15) is 18.5 Å². The fourth-order valence-electron chi connectivity index (χ4n) is 2.33. The minimum Gasteiger partial charge on any atom is -0.460 e. The van der Waals surface area contributed by atoms with Crippen molar-refractivity contribution in [3.05, 3.63) is 83.9 Å². The predicted molar refractivity (Wildman–Crippen MR) is 100 cm³/mol. The number of amides is 1. The third-order valence-electron chi connectivity index (χ3n) is 3.67. The van der Waals surface area contributed by atoms with Gasteiger partial charge in [-0.2, -0.15) is 0 Å². The van der Waals surface area contributed by atoms with Gasteiger partial charge in [0.05, 0.1) is 0 Å². The predicted octanol–water partition coefficient (Wildman–Crippen LogP) is 2.04. The van der Waals surface area contributed by atoms with E-state index in [0.29, 0.717) is 17.5 Å². The molecule has 2 aromatic rings. The summed E-state index contributed by atoms with van der Waals surface area (Å²) in [6.45, 7) is 3.59. The van der Waals surface area contributed by atoms with Crippen molar-refractivity contribution in [1.82, 2.24) is 5.32 Å². The topological polar surface area (TPSA) is 105 Å². The van der Waals surface area contributed by atoms with Crippen LogP contribution in [0.3, 0.4) is 0 Å². The van der Waals surface area contributed by atoms with Gasteiger partial charge in [-0.25, -0.2) is 4.79 Å². The Bertz CT molecular complexity index is 786. The summed E-state index contributed by atoms with van der Waals surface area (Å²) in [6, 6.07) is 14.8. The van der Waals surface area contributed by atoms with Gasteiger partial charge >= 0.3 is 5.97 Å². The maximum absolute atomic E-state index is 12.5. The van der Waals surface area contributed by atoms with E-state index >= 15 is 0 Å². The van der Waals surface area contributed by atoms with Gasteiger partial charge in [-0.15, -0.1) is 0 Å². The largest absolute Gasteiger partial charge is 0.460 e. The number of amidine groups is 1. The standard InChI is InChI=1S/C20H21N3O3/c1-2-12-26-20(25)17(13-14-6-4-3-5-7-14)23-19(24)16-10-8-15(9-11-16)18(21)22/h2-11,17H,1,12-13H2,(H3,21,22)(H,23,24)/t17-/m1/s1.